The number of hydrogen-bond donors (Lipinski definition) is 1. The van der Waals surface area contributed by atoms with E-state index in [2.05, 4.69) is 15.4 Å². The summed E-state index contributed by atoms with van der Waals surface area (Å²) in [7, 11) is 3.57. The molecule has 28 heavy (non-hydrogen) atoms. The van der Waals surface area contributed by atoms with Gasteiger partial charge >= 0.3 is 0 Å². The van der Waals surface area contributed by atoms with Gasteiger partial charge in [0.25, 0.3) is 0 Å². The average Bonchev–Trinajstić information content (AvgIpc) is 2.95. The lowest BCUT2D eigenvalue weighted by Crippen LogP contribution is -2.30. The topological polar surface area (TPSA) is 72.3 Å². The van der Waals surface area contributed by atoms with Crippen molar-refractivity contribution in [1.29, 1.82) is 0 Å². The molecule has 2 heterocycles. The van der Waals surface area contributed by atoms with Gasteiger partial charge in [-0.3, -0.25) is 19.4 Å². The van der Waals surface area contributed by atoms with Gasteiger partial charge in [-0.2, -0.15) is 5.10 Å². The molecule has 0 fully saturated rings. The molecule has 0 saturated heterocycles. The zero-order valence-electron chi connectivity index (χ0n) is 17.1. The van der Waals surface area contributed by atoms with E-state index in [1.54, 1.807) is 13.3 Å². The molecule has 0 bridgehead atoms. The molecule has 0 aliphatic heterocycles. The second-order valence-corrected chi connectivity index (χ2v) is 6.91. The van der Waals surface area contributed by atoms with Crippen molar-refractivity contribution < 1.29 is 9.53 Å². The lowest BCUT2D eigenvalue weighted by Gasteiger charge is -2.18. The van der Waals surface area contributed by atoms with Crippen molar-refractivity contribution in [1.82, 2.24) is 19.7 Å². The number of aromatic nitrogens is 3. The quantitative estimate of drug-likeness (QED) is 0.681. The van der Waals surface area contributed by atoms with Gasteiger partial charge in [0.15, 0.2) is 0 Å². The normalized spacial score (nSPS) is 11.2. The van der Waals surface area contributed by atoms with Crippen LogP contribution in [-0.4, -0.2) is 46.3 Å². The van der Waals surface area contributed by atoms with Crippen LogP contribution in [0.4, 0.5) is 5.69 Å². The fourth-order valence-corrected chi connectivity index (χ4v) is 3.46. The number of ether oxygens (including phenoxy) is 1. The van der Waals surface area contributed by atoms with Crippen LogP contribution in [0.3, 0.4) is 0 Å². The van der Waals surface area contributed by atoms with Crippen LogP contribution in [0.1, 0.15) is 23.9 Å². The Morgan fingerprint density at radius 1 is 1.29 bits per heavy atom. The molecule has 1 aromatic carbocycles. The molecule has 0 atom stereocenters. The highest BCUT2D eigenvalue weighted by Gasteiger charge is 2.16. The highest BCUT2D eigenvalue weighted by Crippen LogP contribution is 2.27. The highest BCUT2D eigenvalue weighted by molar-refractivity contribution is 5.93. The summed E-state index contributed by atoms with van der Waals surface area (Å²) in [5.41, 5.74) is 4.55. The molecular formula is C21H27N5O2. The lowest BCUT2D eigenvalue weighted by atomic mass is 10.1. The maximum Gasteiger partial charge on any atom is 0.238 e. The Balaban J connectivity index is 1.71. The molecule has 2 aromatic heterocycles. The maximum atomic E-state index is 12.6. The average molecular weight is 381 g/mol. The molecule has 0 spiro atoms. The molecule has 3 rings (SSSR count). The zero-order valence-corrected chi connectivity index (χ0v) is 17.1. The molecule has 0 saturated carbocycles. The van der Waals surface area contributed by atoms with E-state index in [1.807, 2.05) is 61.7 Å². The van der Waals surface area contributed by atoms with E-state index >= 15 is 0 Å². The number of likely N-dealkylation sites (N-methyl/N-ethyl adjacent to an activating group) is 1. The predicted molar refractivity (Wildman–Crippen MR) is 111 cm³/mol. The number of nitrogens with one attached hydrogen (secondary N) is 1. The summed E-state index contributed by atoms with van der Waals surface area (Å²) in [5, 5.41) is 8.49. The Morgan fingerprint density at radius 3 is 2.75 bits per heavy atom. The number of carbonyl (C=O) groups excluding carboxylic acids is 1. The van der Waals surface area contributed by atoms with E-state index in [0.717, 1.165) is 45.8 Å². The number of anilines is 1. The number of fused-ring (bicyclic) bond motifs is 1. The smallest absolute Gasteiger partial charge is 0.238 e. The number of hydrogen-bond acceptors (Lipinski definition) is 5. The molecule has 0 aliphatic carbocycles. The van der Waals surface area contributed by atoms with Gasteiger partial charge in [-0.1, -0.05) is 12.1 Å². The van der Waals surface area contributed by atoms with Crippen molar-refractivity contribution in [2.45, 2.75) is 33.9 Å². The molecule has 0 radical (unpaired) electrons. The van der Waals surface area contributed by atoms with Crippen LogP contribution in [0.15, 0.2) is 30.5 Å². The predicted octanol–water partition coefficient (Wildman–Crippen LogP) is 3.15. The van der Waals surface area contributed by atoms with Crippen LogP contribution in [0.2, 0.25) is 0 Å². The minimum Gasteiger partial charge on any atom is -0.494 e. The summed E-state index contributed by atoms with van der Waals surface area (Å²) in [6.45, 7) is 7.61. The van der Waals surface area contributed by atoms with Crippen LogP contribution in [0, 0.1) is 13.8 Å². The Labute approximate surface area is 165 Å². The summed E-state index contributed by atoms with van der Waals surface area (Å²) >= 11 is 0. The first kappa shape index (κ1) is 19.8. The van der Waals surface area contributed by atoms with Gasteiger partial charge < -0.3 is 10.1 Å². The number of nitrogens with zero attached hydrogens (tertiary/aromatic N) is 4. The van der Waals surface area contributed by atoms with Gasteiger partial charge in [-0.05, 0) is 45.5 Å². The van der Waals surface area contributed by atoms with Gasteiger partial charge in [0.05, 0.1) is 30.7 Å². The van der Waals surface area contributed by atoms with Crippen LogP contribution in [0.5, 0.6) is 5.75 Å². The minimum atomic E-state index is -0.0553. The Kier molecular flexibility index (Phi) is 5.94. The van der Waals surface area contributed by atoms with Gasteiger partial charge in [0.2, 0.25) is 5.91 Å². The molecule has 7 nitrogen and oxygen atoms in total. The first-order valence-corrected chi connectivity index (χ1v) is 9.37. The standard InChI is InChI=1S/C21H27N5O2/c1-6-26-15(3)20(14(2)24-26)23-19(27)13-25(4)12-16-9-10-18(28-5)21-17(16)8-7-11-22-21/h7-11H,6,12-13H2,1-5H3,(H,23,27). The lowest BCUT2D eigenvalue weighted by molar-refractivity contribution is -0.117. The van der Waals surface area contributed by atoms with Crippen molar-refractivity contribution in [3.8, 4) is 5.75 Å². The minimum absolute atomic E-state index is 0.0553. The number of pyridine rings is 1. The highest BCUT2D eigenvalue weighted by atomic mass is 16.5. The Morgan fingerprint density at radius 2 is 2.07 bits per heavy atom. The van der Waals surface area contributed by atoms with E-state index in [0.29, 0.717) is 6.54 Å². The summed E-state index contributed by atoms with van der Waals surface area (Å²) in [6, 6.07) is 7.89. The number of aryl methyl sites for hydroxylation is 2. The van der Waals surface area contributed by atoms with Crippen molar-refractivity contribution in [2.24, 2.45) is 0 Å². The number of rotatable bonds is 7. The molecule has 3 aromatic rings. The fourth-order valence-electron chi connectivity index (χ4n) is 3.46. The number of benzene rings is 1. The summed E-state index contributed by atoms with van der Waals surface area (Å²) in [4.78, 5) is 19.0. The first-order valence-electron chi connectivity index (χ1n) is 9.37. The van der Waals surface area contributed by atoms with Crippen LogP contribution < -0.4 is 10.1 Å². The fraction of sp³-hybridized carbons (Fsp3) is 0.381. The summed E-state index contributed by atoms with van der Waals surface area (Å²) < 4.78 is 7.30. The molecule has 7 heteroatoms. The van der Waals surface area contributed by atoms with Crippen molar-refractivity contribution in [2.75, 3.05) is 26.0 Å². The molecule has 0 unspecified atom stereocenters. The summed E-state index contributed by atoms with van der Waals surface area (Å²) in [5.74, 6) is 0.693. The van der Waals surface area contributed by atoms with Crippen LogP contribution >= 0.6 is 0 Å². The zero-order chi connectivity index (χ0) is 20.3. The van der Waals surface area contributed by atoms with Gasteiger partial charge in [0, 0.05) is 24.7 Å². The summed E-state index contributed by atoms with van der Waals surface area (Å²) in [6.07, 6.45) is 1.76. The molecule has 1 amide bonds. The molecule has 1 N–H and O–H groups in total. The largest absolute Gasteiger partial charge is 0.494 e. The maximum absolute atomic E-state index is 12.6. The third-order valence-electron chi connectivity index (χ3n) is 4.84. The van der Waals surface area contributed by atoms with Crippen LogP contribution in [0.25, 0.3) is 10.9 Å². The van der Waals surface area contributed by atoms with Crippen molar-refractivity contribution in [3.05, 3.63) is 47.4 Å². The Bertz CT molecular complexity index is 996. The van der Waals surface area contributed by atoms with Gasteiger partial charge in [0.1, 0.15) is 11.3 Å². The monoisotopic (exact) mass is 381 g/mol. The van der Waals surface area contributed by atoms with E-state index in [1.165, 1.54) is 0 Å². The van der Waals surface area contributed by atoms with Crippen molar-refractivity contribution in [3.63, 3.8) is 0 Å². The molecule has 0 aliphatic rings. The van der Waals surface area contributed by atoms with Crippen LogP contribution in [-0.2, 0) is 17.9 Å². The SMILES string of the molecule is CCn1nc(C)c(NC(=O)CN(C)Cc2ccc(OC)c3ncccc23)c1C. The van der Waals surface area contributed by atoms with E-state index in [4.69, 9.17) is 4.74 Å². The molecular weight excluding hydrogens is 354 g/mol. The number of carbonyl (C=O) groups is 1. The third-order valence-corrected chi connectivity index (χ3v) is 4.84. The van der Waals surface area contributed by atoms with Crippen molar-refractivity contribution >= 4 is 22.5 Å². The number of methoxy groups -OCH3 is 1. The molecule has 148 valence electrons. The third kappa shape index (κ3) is 3.99. The van der Waals surface area contributed by atoms with E-state index in [9.17, 15) is 4.79 Å². The van der Waals surface area contributed by atoms with Gasteiger partial charge in [-0.15, -0.1) is 0 Å². The van der Waals surface area contributed by atoms with E-state index in [-0.39, 0.29) is 12.5 Å². The van der Waals surface area contributed by atoms with Gasteiger partial charge in [-0.25, -0.2) is 0 Å². The first-order chi connectivity index (χ1) is 13.4. The second-order valence-electron chi connectivity index (χ2n) is 6.91. The number of amides is 1. The van der Waals surface area contributed by atoms with E-state index < -0.39 is 0 Å². The Hall–Kier alpha value is -2.93. The second kappa shape index (κ2) is 8.39.